The van der Waals surface area contributed by atoms with Crippen molar-refractivity contribution in [2.24, 2.45) is 0 Å². The van der Waals surface area contributed by atoms with Crippen LogP contribution in [-0.2, 0) is 4.79 Å². The van der Waals surface area contributed by atoms with Crippen molar-refractivity contribution < 1.29 is 4.79 Å². The van der Waals surface area contributed by atoms with Crippen LogP contribution in [0.3, 0.4) is 0 Å². The highest BCUT2D eigenvalue weighted by atomic mass is 16.2. The summed E-state index contributed by atoms with van der Waals surface area (Å²) in [5, 5.41) is 0. The van der Waals surface area contributed by atoms with Crippen molar-refractivity contribution in [3.8, 4) is 0 Å². The largest absolute Gasteiger partial charge is 0.340 e. The predicted octanol–water partition coefficient (Wildman–Crippen LogP) is 1.98. The number of carbonyl (C=O) groups is 1. The predicted molar refractivity (Wildman–Crippen MR) is 102 cm³/mol. The highest BCUT2D eigenvalue weighted by Crippen LogP contribution is 2.12. The third-order valence-corrected chi connectivity index (χ3v) is 5.28. The monoisotopic (exact) mass is 340 g/mol. The van der Waals surface area contributed by atoms with E-state index >= 15 is 0 Å². The van der Waals surface area contributed by atoms with Crippen LogP contribution < -0.4 is 0 Å². The second-order valence-electron chi connectivity index (χ2n) is 8.66. The van der Waals surface area contributed by atoms with E-state index in [2.05, 4.69) is 63.2 Å². The van der Waals surface area contributed by atoms with Gasteiger partial charge in [-0.15, -0.1) is 0 Å². The molecule has 5 heteroatoms. The zero-order chi connectivity index (χ0) is 18.5. The molecule has 5 nitrogen and oxygen atoms in total. The van der Waals surface area contributed by atoms with Gasteiger partial charge in [-0.25, -0.2) is 0 Å². The number of amides is 1. The summed E-state index contributed by atoms with van der Waals surface area (Å²) in [6.45, 7) is 22.1. The van der Waals surface area contributed by atoms with E-state index in [1.165, 1.54) is 0 Å². The Balaban J connectivity index is 2.76. The Hall–Kier alpha value is -0.650. The third kappa shape index (κ3) is 6.69. The summed E-state index contributed by atoms with van der Waals surface area (Å²) < 4.78 is 0. The van der Waals surface area contributed by atoms with Crippen LogP contribution in [0.25, 0.3) is 0 Å². The van der Waals surface area contributed by atoms with Crippen molar-refractivity contribution in [1.29, 1.82) is 0 Å². The maximum absolute atomic E-state index is 12.6. The minimum atomic E-state index is -0.120. The molecule has 1 amide bonds. The van der Waals surface area contributed by atoms with Crippen molar-refractivity contribution in [2.45, 2.75) is 66.1 Å². The minimum absolute atomic E-state index is 0.120. The lowest BCUT2D eigenvalue weighted by molar-refractivity contribution is -0.135. The van der Waals surface area contributed by atoms with Gasteiger partial charge in [-0.3, -0.25) is 19.5 Å². The topological polar surface area (TPSA) is 30.0 Å². The van der Waals surface area contributed by atoms with Crippen molar-refractivity contribution >= 4 is 5.91 Å². The molecular weight excluding hydrogens is 300 g/mol. The fourth-order valence-corrected chi connectivity index (χ4v) is 2.99. The van der Waals surface area contributed by atoms with Gasteiger partial charge in [-0.2, -0.15) is 0 Å². The lowest BCUT2D eigenvalue weighted by Gasteiger charge is -2.34. The van der Waals surface area contributed by atoms with E-state index in [1.807, 2.05) is 11.9 Å². The number of nitrogens with zero attached hydrogens (tertiary/aromatic N) is 4. The molecular formula is C19H40N4O. The van der Waals surface area contributed by atoms with E-state index in [4.69, 9.17) is 0 Å². The first kappa shape index (κ1) is 21.4. The van der Waals surface area contributed by atoms with Gasteiger partial charge in [0.1, 0.15) is 0 Å². The molecule has 1 rings (SSSR count). The van der Waals surface area contributed by atoms with E-state index in [1.54, 1.807) is 0 Å². The Morgan fingerprint density at radius 3 is 1.58 bits per heavy atom. The molecule has 1 fully saturated rings. The first-order chi connectivity index (χ1) is 11.0. The van der Waals surface area contributed by atoms with E-state index in [0.29, 0.717) is 18.6 Å². The number of hydrogen-bond donors (Lipinski definition) is 0. The standard InChI is InChI=1S/C19H40N4O/c1-16(2)22-11-9-21(10-12-23(14-13-22)17(3)4)15-18(24)20(8)19(5,6)7/h16-17H,9-15H2,1-8H3. The van der Waals surface area contributed by atoms with Crippen molar-refractivity contribution in [1.82, 2.24) is 19.6 Å². The van der Waals surface area contributed by atoms with Gasteiger partial charge in [0.2, 0.25) is 5.91 Å². The van der Waals surface area contributed by atoms with Crippen LogP contribution in [-0.4, -0.2) is 96.0 Å². The van der Waals surface area contributed by atoms with Crippen molar-refractivity contribution in [2.75, 3.05) is 52.9 Å². The third-order valence-electron chi connectivity index (χ3n) is 5.28. The van der Waals surface area contributed by atoms with Gasteiger partial charge in [0.25, 0.3) is 0 Å². The van der Waals surface area contributed by atoms with Crippen LogP contribution in [0, 0.1) is 0 Å². The Labute approximate surface area is 150 Å². The second-order valence-corrected chi connectivity index (χ2v) is 8.66. The fourth-order valence-electron chi connectivity index (χ4n) is 2.99. The molecule has 0 aromatic carbocycles. The molecule has 0 aromatic heterocycles. The van der Waals surface area contributed by atoms with E-state index in [9.17, 15) is 4.79 Å². The Kier molecular flexibility index (Phi) is 8.16. The van der Waals surface area contributed by atoms with Gasteiger partial charge >= 0.3 is 0 Å². The van der Waals surface area contributed by atoms with Gasteiger partial charge in [0.15, 0.2) is 0 Å². The average molecular weight is 341 g/mol. The molecule has 142 valence electrons. The number of hydrogen-bond acceptors (Lipinski definition) is 4. The molecule has 0 aromatic rings. The minimum Gasteiger partial charge on any atom is -0.340 e. The second kappa shape index (κ2) is 9.16. The number of rotatable bonds is 4. The Bertz CT molecular complexity index is 369. The average Bonchev–Trinajstić information content (AvgIpc) is 2.56. The van der Waals surface area contributed by atoms with Crippen LogP contribution in [0.1, 0.15) is 48.5 Å². The van der Waals surface area contributed by atoms with Gasteiger partial charge in [0, 0.05) is 63.9 Å². The van der Waals surface area contributed by atoms with E-state index in [0.717, 1.165) is 39.3 Å². The van der Waals surface area contributed by atoms with Gasteiger partial charge < -0.3 is 4.90 Å². The smallest absolute Gasteiger partial charge is 0.236 e. The fraction of sp³-hybridized carbons (Fsp3) is 0.947. The summed E-state index contributed by atoms with van der Waals surface area (Å²) in [7, 11) is 1.92. The Morgan fingerprint density at radius 1 is 0.875 bits per heavy atom. The van der Waals surface area contributed by atoms with Crippen LogP contribution >= 0.6 is 0 Å². The molecule has 0 bridgehead atoms. The molecule has 0 N–H and O–H groups in total. The SMILES string of the molecule is CC(C)N1CCN(CC(=O)N(C)C(C)(C)C)CCN(C(C)C)CC1. The normalized spacial score (nSPS) is 20.1. The van der Waals surface area contributed by atoms with E-state index < -0.39 is 0 Å². The maximum atomic E-state index is 12.6. The molecule has 1 aliphatic rings. The van der Waals surface area contributed by atoms with Crippen molar-refractivity contribution in [3.05, 3.63) is 0 Å². The van der Waals surface area contributed by atoms with Gasteiger partial charge in [-0.1, -0.05) is 0 Å². The highest BCUT2D eigenvalue weighted by Gasteiger charge is 2.25. The zero-order valence-electron chi connectivity index (χ0n) is 17.3. The van der Waals surface area contributed by atoms with Crippen LogP contribution in [0.4, 0.5) is 0 Å². The molecule has 1 aliphatic heterocycles. The highest BCUT2D eigenvalue weighted by molar-refractivity contribution is 5.78. The molecule has 0 spiro atoms. The number of likely N-dealkylation sites (N-methyl/N-ethyl adjacent to an activating group) is 1. The molecule has 1 heterocycles. The quantitative estimate of drug-likeness (QED) is 0.783. The summed E-state index contributed by atoms with van der Waals surface area (Å²) in [5.41, 5.74) is -0.120. The Morgan fingerprint density at radius 2 is 1.25 bits per heavy atom. The van der Waals surface area contributed by atoms with E-state index in [-0.39, 0.29) is 11.4 Å². The van der Waals surface area contributed by atoms with Crippen LogP contribution in [0.2, 0.25) is 0 Å². The maximum Gasteiger partial charge on any atom is 0.236 e. The molecule has 0 unspecified atom stereocenters. The van der Waals surface area contributed by atoms with Gasteiger partial charge in [0.05, 0.1) is 6.54 Å². The molecule has 0 saturated carbocycles. The van der Waals surface area contributed by atoms with Crippen LogP contribution in [0.5, 0.6) is 0 Å². The summed E-state index contributed by atoms with van der Waals surface area (Å²) in [6, 6.07) is 1.10. The molecule has 0 radical (unpaired) electrons. The zero-order valence-corrected chi connectivity index (χ0v) is 17.3. The summed E-state index contributed by atoms with van der Waals surface area (Å²) in [6.07, 6.45) is 0. The van der Waals surface area contributed by atoms with Crippen molar-refractivity contribution in [3.63, 3.8) is 0 Å². The summed E-state index contributed by atoms with van der Waals surface area (Å²) in [4.78, 5) is 21.9. The molecule has 24 heavy (non-hydrogen) atoms. The molecule has 0 aliphatic carbocycles. The molecule has 0 atom stereocenters. The first-order valence-electron chi connectivity index (χ1n) is 9.49. The lowest BCUT2D eigenvalue weighted by atomic mass is 10.1. The summed E-state index contributed by atoms with van der Waals surface area (Å²) >= 11 is 0. The number of carbonyl (C=O) groups excluding carboxylic acids is 1. The summed E-state index contributed by atoms with van der Waals surface area (Å²) in [5.74, 6) is 0.217. The van der Waals surface area contributed by atoms with Gasteiger partial charge in [-0.05, 0) is 48.5 Å². The lowest BCUT2D eigenvalue weighted by Crippen LogP contribution is -2.49. The van der Waals surface area contributed by atoms with Crippen LogP contribution in [0.15, 0.2) is 0 Å². The first-order valence-corrected chi connectivity index (χ1v) is 9.49. The molecule has 1 saturated heterocycles.